The Hall–Kier alpha value is -3.09. The van der Waals surface area contributed by atoms with Crippen LogP contribution in [0.3, 0.4) is 0 Å². The van der Waals surface area contributed by atoms with Gasteiger partial charge in [-0.1, -0.05) is 13.3 Å². The molecule has 2 amide bonds. The molecule has 0 radical (unpaired) electrons. The Labute approximate surface area is 157 Å². The molecule has 144 valence electrons. The van der Waals surface area contributed by atoms with Gasteiger partial charge in [-0.2, -0.15) is 0 Å². The average Bonchev–Trinajstić information content (AvgIpc) is 2.68. The zero-order valence-electron chi connectivity index (χ0n) is 15.3. The van der Waals surface area contributed by atoms with Crippen LogP contribution in [0, 0.1) is 5.82 Å². The number of carbonyl (C=O) groups is 2. The molecule has 6 nitrogen and oxygen atoms in total. The van der Waals surface area contributed by atoms with Crippen LogP contribution in [0.1, 0.15) is 37.0 Å². The maximum absolute atomic E-state index is 12.9. The lowest BCUT2D eigenvalue weighted by Gasteiger charge is -2.15. The molecule has 0 fully saturated rings. The van der Waals surface area contributed by atoms with Crippen molar-refractivity contribution >= 4 is 11.8 Å². The van der Waals surface area contributed by atoms with Crippen LogP contribution < -0.4 is 20.3 Å². The third-order valence-electron chi connectivity index (χ3n) is 3.68. The van der Waals surface area contributed by atoms with Crippen LogP contribution >= 0.6 is 0 Å². The lowest BCUT2D eigenvalue weighted by Crippen LogP contribution is -2.47. The molecular weight excluding hydrogens is 351 g/mol. The van der Waals surface area contributed by atoms with E-state index in [1.54, 1.807) is 24.3 Å². The highest BCUT2D eigenvalue weighted by Crippen LogP contribution is 2.14. The summed E-state index contributed by atoms with van der Waals surface area (Å²) < 4.78 is 23.8. The van der Waals surface area contributed by atoms with Gasteiger partial charge in [-0.05, 0) is 61.9 Å². The molecule has 2 aromatic carbocycles. The van der Waals surface area contributed by atoms with E-state index in [1.807, 2.05) is 0 Å². The van der Waals surface area contributed by atoms with Crippen LogP contribution in [0.15, 0.2) is 48.5 Å². The molecule has 0 saturated carbocycles. The highest BCUT2D eigenvalue weighted by Gasteiger charge is 2.16. The Morgan fingerprint density at radius 3 is 2.26 bits per heavy atom. The fourth-order valence-corrected chi connectivity index (χ4v) is 2.10. The lowest BCUT2D eigenvalue weighted by atomic mass is 10.2. The van der Waals surface area contributed by atoms with Gasteiger partial charge in [0, 0.05) is 5.56 Å². The van der Waals surface area contributed by atoms with Crippen LogP contribution in [-0.2, 0) is 4.79 Å². The SMILES string of the molecule is CCCCOc1ccc(C(=O)NNC(=O)C(C)Oc2ccc(F)cc2)cc1. The summed E-state index contributed by atoms with van der Waals surface area (Å²) in [6.45, 7) is 4.23. The van der Waals surface area contributed by atoms with Gasteiger partial charge in [-0.3, -0.25) is 20.4 Å². The van der Waals surface area contributed by atoms with Gasteiger partial charge < -0.3 is 9.47 Å². The molecule has 0 aliphatic carbocycles. The lowest BCUT2D eigenvalue weighted by molar-refractivity contribution is -0.128. The summed E-state index contributed by atoms with van der Waals surface area (Å²) in [5.41, 5.74) is 5.01. The smallest absolute Gasteiger partial charge is 0.279 e. The van der Waals surface area contributed by atoms with Crippen LogP contribution in [-0.4, -0.2) is 24.5 Å². The molecule has 1 unspecified atom stereocenters. The minimum atomic E-state index is -0.870. The second-order valence-corrected chi connectivity index (χ2v) is 5.88. The molecule has 2 aromatic rings. The minimum absolute atomic E-state index is 0.351. The average molecular weight is 374 g/mol. The molecule has 1 atom stereocenters. The number of ether oxygens (including phenoxy) is 2. The molecule has 2 rings (SSSR count). The fourth-order valence-electron chi connectivity index (χ4n) is 2.10. The number of hydrogen-bond acceptors (Lipinski definition) is 4. The first-order valence-electron chi connectivity index (χ1n) is 8.75. The summed E-state index contributed by atoms with van der Waals surface area (Å²) in [4.78, 5) is 24.1. The predicted molar refractivity (Wildman–Crippen MR) is 98.9 cm³/mol. The Balaban J connectivity index is 1.79. The molecular formula is C20H23FN2O4. The quantitative estimate of drug-likeness (QED) is 0.549. The highest BCUT2D eigenvalue weighted by atomic mass is 19.1. The van der Waals surface area contributed by atoms with Gasteiger partial charge in [0.2, 0.25) is 0 Å². The summed E-state index contributed by atoms with van der Waals surface area (Å²) in [5.74, 6) is -0.354. The first-order chi connectivity index (χ1) is 13.0. The molecule has 0 bridgehead atoms. The van der Waals surface area contributed by atoms with Crippen molar-refractivity contribution < 1.29 is 23.5 Å². The van der Waals surface area contributed by atoms with E-state index in [1.165, 1.54) is 31.2 Å². The van der Waals surface area contributed by atoms with Crippen molar-refractivity contribution in [3.8, 4) is 11.5 Å². The normalized spacial score (nSPS) is 11.4. The van der Waals surface area contributed by atoms with Crippen molar-refractivity contribution in [3.05, 3.63) is 59.9 Å². The molecule has 0 aromatic heterocycles. The number of benzene rings is 2. The largest absolute Gasteiger partial charge is 0.494 e. The molecule has 0 saturated heterocycles. The predicted octanol–water partition coefficient (Wildman–Crippen LogP) is 3.23. The third kappa shape index (κ3) is 6.62. The van der Waals surface area contributed by atoms with Gasteiger partial charge >= 0.3 is 0 Å². The number of hydrogen-bond donors (Lipinski definition) is 2. The summed E-state index contributed by atoms with van der Waals surface area (Å²) in [5, 5.41) is 0. The Kier molecular flexibility index (Phi) is 7.61. The number of amides is 2. The molecule has 0 aliphatic heterocycles. The zero-order chi connectivity index (χ0) is 19.6. The van der Waals surface area contributed by atoms with Crippen LogP contribution in [0.4, 0.5) is 4.39 Å². The Morgan fingerprint density at radius 1 is 1.00 bits per heavy atom. The maximum atomic E-state index is 12.9. The second kappa shape index (κ2) is 10.2. The van der Waals surface area contributed by atoms with Crippen molar-refractivity contribution in [2.45, 2.75) is 32.8 Å². The summed E-state index contributed by atoms with van der Waals surface area (Å²) in [6.07, 6.45) is 1.14. The number of halogens is 1. The minimum Gasteiger partial charge on any atom is -0.494 e. The number of nitrogens with one attached hydrogen (secondary N) is 2. The van der Waals surface area contributed by atoms with Crippen molar-refractivity contribution in [3.63, 3.8) is 0 Å². The molecule has 0 heterocycles. The Bertz CT molecular complexity index is 748. The van der Waals surface area contributed by atoms with E-state index < -0.39 is 23.7 Å². The van der Waals surface area contributed by atoms with E-state index in [4.69, 9.17) is 9.47 Å². The number of carbonyl (C=O) groups excluding carboxylic acids is 2. The first kappa shape index (κ1) is 20.2. The third-order valence-corrected chi connectivity index (χ3v) is 3.68. The molecule has 2 N–H and O–H groups in total. The summed E-state index contributed by atoms with van der Waals surface area (Å²) in [7, 11) is 0. The van der Waals surface area contributed by atoms with E-state index in [9.17, 15) is 14.0 Å². The summed E-state index contributed by atoms with van der Waals surface area (Å²) >= 11 is 0. The maximum Gasteiger partial charge on any atom is 0.279 e. The van der Waals surface area contributed by atoms with E-state index in [-0.39, 0.29) is 0 Å². The zero-order valence-corrected chi connectivity index (χ0v) is 15.3. The second-order valence-electron chi connectivity index (χ2n) is 5.88. The summed E-state index contributed by atoms with van der Waals surface area (Å²) in [6, 6.07) is 11.9. The standard InChI is InChI=1S/C20H23FN2O4/c1-3-4-13-26-17-9-5-15(6-10-17)20(25)23-22-19(24)14(2)27-18-11-7-16(21)8-12-18/h5-12,14H,3-4,13H2,1-2H3,(H,22,24)(H,23,25). The van der Waals surface area contributed by atoms with E-state index in [2.05, 4.69) is 17.8 Å². The van der Waals surface area contributed by atoms with Crippen molar-refractivity contribution in [2.24, 2.45) is 0 Å². The van der Waals surface area contributed by atoms with Crippen LogP contribution in [0.2, 0.25) is 0 Å². The number of hydrazine groups is 1. The monoisotopic (exact) mass is 374 g/mol. The highest BCUT2D eigenvalue weighted by molar-refractivity contribution is 5.95. The van der Waals surface area contributed by atoms with E-state index >= 15 is 0 Å². The van der Waals surface area contributed by atoms with Crippen LogP contribution in [0.25, 0.3) is 0 Å². The number of rotatable bonds is 8. The van der Waals surface area contributed by atoms with Gasteiger partial charge in [-0.25, -0.2) is 4.39 Å². The fraction of sp³-hybridized carbons (Fsp3) is 0.300. The van der Waals surface area contributed by atoms with Gasteiger partial charge in [0.1, 0.15) is 17.3 Å². The van der Waals surface area contributed by atoms with Gasteiger partial charge in [0.25, 0.3) is 11.8 Å². The van der Waals surface area contributed by atoms with Crippen molar-refractivity contribution in [2.75, 3.05) is 6.61 Å². The van der Waals surface area contributed by atoms with Crippen molar-refractivity contribution in [1.82, 2.24) is 10.9 Å². The van der Waals surface area contributed by atoms with E-state index in [0.717, 1.165) is 12.8 Å². The molecule has 0 spiro atoms. The van der Waals surface area contributed by atoms with Crippen molar-refractivity contribution in [1.29, 1.82) is 0 Å². The van der Waals surface area contributed by atoms with Gasteiger partial charge in [0.05, 0.1) is 6.61 Å². The number of unbranched alkanes of at least 4 members (excludes halogenated alkanes) is 1. The first-order valence-corrected chi connectivity index (χ1v) is 8.75. The van der Waals surface area contributed by atoms with Crippen LogP contribution in [0.5, 0.6) is 11.5 Å². The topological polar surface area (TPSA) is 76.7 Å². The Morgan fingerprint density at radius 2 is 1.63 bits per heavy atom. The molecule has 7 heteroatoms. The molecule has 0 aliphatic rings. The van der Waals surface area contributed by atoms with Gasteiger partial charge in [0.15, 0.2) is 6.10 Å². The van der Waals surface area contributed by atoms with E-state index in [0.29, 0.717) is 23.7 Å². The molecule has 27 heavy (non-hydrogen) atoms. The van der Waals surface area contributed by atoms with Gasteiger partial charge in [-0.15, -0.1) is 0 Å².